The van der Waals surface area contributed by atoms with Crippen molar-refractivity contribution in [1.29, 1.82) is 0 Å². The molecule has 1 amide bonds. The molecular formula is C13H17N3O3. The lowest BCUT2D eigenvalue weighted by atomic mass is 10.1. The Balaban J connectivity index is 1.94. The minimum absolute atomic E-state index is 0.000100. The third-order valence-corrected chi connectivity index (χ3v) is 3.19. The summed E-state index contributed by atoms with van der Waals surface area (Å²) in [5, 5.41) is 11.9. The first kappa shape index (κ1) is 13.3. The van der Waals surface area contributed by atoms with Gasteiger partial charge in [0.25, 0.3) is 0 Å². The number of piperidine rings is 1. The van der Waals surface area contributed by atoms with Crippen LogP contribution in [-0.2, 0) is 4.79 Å². The first-order chi connectivity index (χ1) is 9.18. The predicted octanol–water partition coefficient (Wildman–Crippen LogP) is 1.20. The largest absolute Gasteiger partial charge is 0.478 e. The summed E-state index contributed by atoms with van der Waals surface area (Å²) in [6.45, 7) is 1.69. The van der Waals surface area contributed by atoms with E-state index >= 15 is 0 Å². The SMILES string of the molecule is O=C(O)c1ccncc1NCC(=O)N1CCCCC1. The second-order valence-electron chi connectivity index (χ2n) is 4.52. The van der Waals surface area contributed by atoms with Crippen LogP contribution in [0.2, 0.25) is 0 Å². The van der Waals surface area contributed by atoms with Gasteiger partial charge in [-0.3, -0.25) is 9.78 Å². The van der Waals surface area contributed by atoms with Gasteiger partial charge < -0.3 is 15.3 Å². The fourth-order valence-corrected chi connectivity index (χ4v) is 2.15. The Kier molecular flexibility index (Phi) is 4.33. The number of likely N-dealkylation sites (tertiary alicyclic amines) is 1. The lowest BCUT2D eigenvalue weighted by Crippen LogP contribution is -2.39. The van der Waals surface area contributed by atoms with Crippen molar-refractivity contribution in [2.45, 2.75) is 19.3 Å². The summed E-state index contributed by atoms with van der Waals surface area (Å²) in [5.74, 6) is -1.03. The first-order valence-electron chi connectivity index (χ1n) is 6.37. The average Bonchev–Trinajstić information content (AvgIpc) is 2.46. The van der Waals surface area contributed by atoms with Gasteiger partial charge in [0.15, 0.2) is 0 Å². The van der Waals surface area contributed by atoms with Gasteiger partial charge in [-0.2, -0.15) is 0 Å². The van der Waals surface area contributed by atoms with E-state index in [9.17, 15) is 9.59 Å². The van der Waals surface area contributed by atoms with Gasteiger partial charge in [0.05, 0.1) is 24.0 Å². The molecule has 0 unspecified atom stereocenters. The number of nitrogens with zero attached hydrogens (tertiary/aromatic N) is 2. The monoisotopic (exact) mass is 263 g/mol. The maximum atomic E-state index is 11.9. The van der Waals surface area contributed by atoms with Gasteiger partial charge in [-0.15, -0.1) is 0 Å². The minimum Gasteiger partial charge on any atom is -0.478 e. The summed E-state index contributed by atoms with van der Waals surface area (Å²) in [6, 6.07) is 1.41. The Morgan fingerprint density at radius 3 is 2.74 bits per heavy atom. The number of carboxylic acids is 1. The molecular weight excluding hydrogens is 246 g/mol. The smallest absolute Gasteiger partial charge is 0.337 e. The van der Waals surface area contributed by atoms with Gasteiger partial charge >= 0.3 is 5.97 Å². The number of aromatic nitrogens is 1. The van der Waals surface area contributed by atoms with E-state index in [1.54, 1.807) is 0 Å². The van der Waals surface area contributed by atoms with E-state index in [2.05, 4.69) is 10.3 Å². The van der Waals surface area contributed by atoms with Crippen LogP contribution in [0.3, 0.4) is 0 Å². The van der Waals surface area contributed by atoms with E-state index < -0.39 is 5.97 Å². The zero-order valence-corrected chi connectivity index (χ0v) is 10.6. The summed E-state index contributed by atoms with van der Waals surface area (Å²) >= 11 is 0. The molecule has 1 aromatic heterocycles. The molecule has 2 rings (SSSR count). The van der Waals surface area contributed by atoms with E-state index in [4.69, 9.17) is 5.11 Å². The summed E-state index contributed by atoms with van der Waals surface area (Å²) in [4.78, 5) is 28.6. The lowest BCUT2D eigenvalue weighted by Gasteiger charge is -2.27. The highest BCUT2D eigenvalue weighted by atomic mass is 16.4. The molecule has 19 heavy (non-hydrogen) atoms. The second kappa shape index (κ2) is 6.17. The minimum atomic E-state index is -1.03. The number of rotatable bonds is 4. The van der Waals surface area contributed by atoms with Crippen LogP contribution in [0.5, 0.6) is 0 Å². The van der Waals surface area contributed by atoms with Crippen molar-refractivity contribution in [2.24, 2.45) is 0 Å². The van der Waals surface area contributed by atoms with Gasteiger partial charge in [0.2, 0.25) is 5.91 Å². The maximum Gasteiger partial charge on any atom is 0.337 e. The summed E-state index contributed by atoms with van der Waals surface area (Å²) in [5.41, 5.74) is 0.502. The number of hydrogen-bond donors (Lipinski definition) is 2. The van der Waals surface area contributed by atoms with Crippen LogP contribution in [-0.4, -0.2) is 46.5 Å². The standard InChI is InChI=1S/C13H17N3O3/c17-12(16-6-2-1-3-7-16)9-15-11-8-14-5-4-10(11)13(18)19/h4-5,8,15H,1-3,6-7,9H2,(H,18,19). The molecule has 0 spiro atoms. The summed E-state index contributed by atoms with van der Waals surface area (Å²) < 4.78 is 0. The second-order valence-corrected chi connectivity index (χ2v) is 4.52. The van der Waals surface area contributed by atoms with Crippen molar-refractivity contribution in [3.05, 3.63) is 24.0 Å². The molecule has 1 aliphatic rings. The third kappa shape index (κ3) is 3.43. The highest BCUT2D eigenvalue weighted by Gasteiger charge is 2.17. The number of amides is 1. The molecule has 1 aromatic rings. The number of pyridine rings is 1. The third-order valence-electron chi connectivity index (χ3n) is 3.19. The number of carboxylic acid groups (broad SMARTS) is 1. The van der Waals surface area contributed by atoms with E-state index in [0.29, 0.717) is 5.69 Å². The zero-order valence-electron chi connectivity index (χ0n) is 10.6. The van der Waals surface area contributed by atoms with Gasteiger partial charge in [0.1, 0.15) is 0 Å². The molecule has 0 saturated carbocycles. The van der Waals surface area contributed by atoms with Crippen LogP contribution in [0.25, 0.3) is 0 Å². The highest BCUT2D eigenvalue weighted by molar-refractivity contribution is 5.94. The molecule has 2 N–H and O–H groups in total. The number of hydrogen-bond acceptors (Lipinski definition) is 4. The summed E-state index contributed by atoms with van der Waals surface area (Å²) in [6.07, 6.45) is 6.09. The molecule has 0 bridgehead atoms. The quantitative estimate of drug-likeness (QED) is 0.853. The number of carbonyl (C=O) groups excluding carboxylic acids is 1. The maximum absolute atomic E-state index is 11.9. The molecule has 6 heteroatoms. The normalized spacial score (nSPS) is 15.1. The van der Waals surface area contributed by atoms with Crippen molar-refractivity contribution in [3.63, 3.8) is 0 Å². The molecule has 2 heterocycles. The van der Waals surface area contributed by atoms with Crippen molar-refractivity contribution < 1.29 is 14.7 Å². The highest BCUT2D eigenvalue weighted by Crippen LogP contribution is 2.14. The Morgan fingerprint density at radius 1 is 1.32 bits per heavy atom. The van der Waals surface area contributed by atoms with Crippen LogP contribution in [0.1, 0.15) is 29.6 Å². The fourth-order valence-electron chi connectivity index (χ4n) is 2.15. The van der Waals surface area contributed by atoms with Gasteiger partial charge in [-0.25, -0.2) is 4.79 Å². The van der Waals surface area contributed by atoms with Crippen LogP contribution in [0, 0.1) is 0 Å². The van der Waals surface area contributed by atoms with Gasteiger partial charge in [-0.05, 0) is 25.3 Å². The average molecular weight is 263 g/mol. The van der Waals surface area contributed by atoms with Crippen molar-refractivity contribution in [1.82, 2.24) is 9.88 Å². The molecule has 0 aromatic carbocycles. The molecule has 0 atom stereocenters. The van der Waals surface area contributed by atoms with Crippen molar-refractivity contribution in [2.75, 3.05) is 25.0 Å². The van der Waals surface area contributed by atoms with Gasteiger partial charge in [-0.1, -0.05) is 0 Å². The van der Waals surface area contributed by atoms with Crippen LogP contribution >= 0.6 is 0 Å². The van der Waals surface area contributed by atoms with E-state index in [-0.39, 0.29) is 18.0 Å². The number of nitrogens with one attached hydrogen (secondary N) is 1. The van der Waals surface area contributed by atoms with Crippen LogP contribution in [0.15, 0.2) is 18.5 Å². The van der Waals surface area contributed by atoms with Gasteiger partial charge in [0, 0.05) is 19.3 Å². The Labute approximate surface area is 111 Å². The predicted molar refractivity (Wildman–Crippen MR) is 70.1 cm³/mol. The Bertz CT molecular complexity index is 470. The Hall–Kier alpha value is -2.11. The molecule has 0 radical (unpaired) electrons. The molecule has 102 valence electrons. The number of anilines is 1. The topological polar surface area (TPSA) is 82.5 Å². The van der Waals surface area contributed by atoms with Crippen molar-refractivity contribution >= 4 is 17.6 Å². The van der Waals surface area contributed by atoms with Crippen LogP contribution in [0.4, 0.5) is 5.69 Å². The molecule has 1 aliphatic heterocycles. The Morgan fingerprint density at radius 2 is 2.05 bits per heavy atom. The molecule has 1 saturated heterocycles. The van der Waals surface area contributed by atoms with E-state index in [1.165, 1.54) is 24.9 Å². The van der Waals surface area contributed by atoms with E-state index in [0.717, 1.165) is 25.9 Å². The first-order valence-corrected chi connectivity index (χ1v) is 6.37. The molecule has 0 aliphatic carbocycles. The van der Waals surface area contributed by atoms with Crippen molar-refractivity contribution in [3.8, 4) is 0 Å². The number of carbonyl (C=O) groups is 2. The van der Waals surface area contributed by atoms with Crippen LogP contribution < -0.4 is 5.32 Å². The molecule has 6 nitrogen and oxygen atoms in total. The summed E-state index contributed by atoms with van der Waals surface area (Å²) in [7, 11) is 0. The fraction of sp³-hybridized carbons (Fsp3) is 0.462. The lowest BCUT2D eigenvalue weighted by molar-refractivity contribution is -0.130. The van der Waals surface area contributed by atoms with E-state index in [1.807, 2.05) is 4.90 Å². The zero-order chi connectivity index (χ0) is 13.7. The number of aromatic carboxylic acids is 1. The molecule has 1 fully saturated rings.